The van der Waals surface area contributed by atoms with Crippen molar-refractivity contribution >= 4 is 17.2 Å². The maximum absolute atomic E-state index is 11.9. The summed E-state index contributed by atoms with van der Waals surface area (Å²) >= 11 is 1.19. The van der Waals surface area contributed by atoms with Gasteiger partial charge in [-0.05, 0) is 25.2 Å². The predicted molar refractivity (Wildman–Crippen MR) is 90.3 cm³/mol. The minimum Gasteiger partial charge on any atom is -0.355 e. The third kappa shape index (κ3) is 4.95. The first-order valence-corrected chi connectivity index (χ1v) is 8.97. The van der Waals surface area contributed by atoms with E-state index in [1.54, 1.807) is 4.57 Å². The number of hydrogen-bond acceptors (Lipinski definition) is 4. The Labute approximate surface area is 136 Å². The maximum Gasteiger partial charge on any atom is 0.307 e. The van der Waals surface area contributed by atoms with Gasteiger partial charge in [-0.25, -0.2) is 0 Å². The molecule has 0 radical (unpaired) electrons. The number of likely N-dealkylation sites (tertiary alicyclic amines) is 1. The molecule has 0 spiro atoms. The van der Waals surface area contributed by atoms with E-state index < -0.39 is 0 Å². The lowest BCUT2D eigenvalue weighted by Gasteiger charge is -2.34. The first-order chi connectivity index (χ1) is 10.5. The molecule has 0 aliphatic carbocycles. The predicted octanol–water partition coefficient (Wildman–Crippen LogP) is 1.70. The number of thiazole rings is 1. The summed E-state index contributed by atoms with van der Waals surface area (Å²) < 4.78 is 1.66. The van der Waals surface area contributed by atoms with E-state index in [1.165, 1.54) is 17.8 Å². The summed E-state index contributed by atoms with van der Waals surface area (Å²) in [5.41, 5.74) is 0.930. The van der Waals surface area contributed by atoms with Gasteiger partial charge in [0.1, 0.15) is 0 Å². The zero-order valence-electron chi connectivity index (χ0n) is 13.8. The van der Waals surface area contributed by atoms with Crippen LogP contribution in [0.4, 0.5) is 0 Å². The van der Waals surface area contributed by atoms with Crippen molar-refractivity contribution in [2.45, 2.75) is 40.2 Å². The Balaban J connectivity index is 1.67. The molecule has 2 atom stereocenters. The molecule has 1 aliphatic heterocycles. The normalized spacial score (nSPS) is 22.7. The second-order valence-corrected chi connectivity index (χ2v) is 7.42. The van der Waals surface area contributed by atoms with Crippen LogP contribution in [0.15, 0.2) is 10.2 Å². The molecular weight excluding hydrogens is 298 g/mol. The maximum atomic E-state index is 11.9. The molecule has 0 saturated carbocycles. The summed E-state index contributed by atoms with van der Waals surface area (Å²) in [6.45, 7) is 10.8. The van der Waals surface area contributed by atoms with Crippen molar-refractivity contribution in [2.24, 2.45) is 11.8 Å². The van der Waals surface area contributed by atoms with Gasteiger partial charge in [0, 0.05) is 50.2 Å². The monoisotopic (exact) mass is 325 g/mol. The molecule has 5 nitrogen and oxygen atoms in total. The zero-order chi connectivity index (χ0) is 16.1. The Bertz CT molecular complexity index is 542. The molecule has 124 valence electrons. The summed E-state index contributed by atoms with van der Waals surface area (Å²) in [5, 5.41) is 4.80. The summed E-state index contributed by atoms with van der Waals surface area (Å²) in [6.07, 6.45) is 1.67. The third-order valence-electron chi connectivity index (χ3n) is 4.23. The minimum absolute atomic E-state index is 0.0154. The lowest BCUT2D eigenvalue weighted by molar-refractivity contribution is -0.121. The summed E-state index contributed by atoms with van der Waals surface area (Å²) in [7, 11) is 0. The molecule has 1 aliphatic rings. The Morgan fingerprint density at radius 2 is 2.00 bits per heavy atom. The van der Waals surface area contributed by atoms with Crippen LogP contribution in [-0.4, -0.2) is 41.6 Å². The van der Waals surface area contributed by atoms with Gasteiger partial charge in [-0.1, -0.05) is 25.2 Å². The second-order valence-electron chi connectivity index (χ2n) is 6.60. The van der Waals surface area contributed by atoms with Crippen molar-refractivity contribution in [3.8, 4) is 0 Å². The molecule has 1 aromatic heterocycles. The van der Waals surface area contributed by atoms with Gasteiger partial charge in [0.15, 0.2) is 0 Å². The van der Waals surface area contributed by atoms with E-state index >= 15 is 0 Å². The van der Waals surface area contributed by atoms with E-state index in [0.29, 0.717) is 19.5 Å². The van der Waals surface area contributed by atoms with Crippen LogP contribution in [0.25, 0.3) is 0 Å². The SMILES string of the molecule is Cc1csc(=O)n1CCC(=O)NCCN1CC(C)CC(C)C1. The quantitative estimate of drug-likeness (QED) is 0.866. The number of carbonyl (C=O) groups is 1. The fraction of sp³-hybridized carbons (Fsp3) is 0.750. The Morgan fingerprint density at radius 3 is 2.59 bits per heavy atom. The van der Waals surface area contributed by atoms with Crippen molar-refractivity contribution in [1.82, 2.24) is 14.8 Å². The van der Waals surface area contributed by atoms with Crippen LogP contribution in [-0.2, 0) is 11.3 Å². The van der Waals surface area contributed by atoms with Crippen LogP contribution >= 0.6 is 11.3 Å². The first kappa shape index (κ1) is 17.2. The van der Waals surface area contributed by atoms with Gasteiger partial charge in [0.2, 0.25) is 5.91 Å². The molecule has 2 heterocycles. The molecule has 1 N–H and O–H groups in total. The molecule has 1 aromatic rings. The van der Waals surface area contributed by atoms with E-state index in [1.807, 2.05) is 12.3 Å². The number of aromatic nitrogens is 1. The summed E-state index contributed by atoms with van der Waals surface area (Å²) in [5.74, 6) is 1.51. The van der Waals surface area contributed by atoms with E-state index in [0.717, 1.165) is 37.2 Å². The van der Waals surface area contributed by atoms with E-state index in [9.17, 15) is 9.59 Å². The Hall–Kier alpha value is -1.14. The number of nitrogens with one attached hydrogen (secondary N) is 1. The molecule has 2 unspecified atom stereocenters. The van der Waals surface area contributed by atoms with Crippen molar-refractivity contribution in [2.75, 3.05) is 26.2 Å². The molecule has 1 amide bonds. The van der Waals surface area contributed by atoms with Gasteiger partial charge in [-0.15, -0.1) is 0 Å². The zero-order valence-corrected chi connectivity index (χ0v) is 14.6. The lowest BCUT2D eigenvalue weighted by atomic mass is 9.92. The lowest BCUT2D eigenvalue weighted by Crippen LogP contribution is -2.43. The first-order valence-electron chi connectivity index (χ1n) is 8.09. The molecule has 1 saturated heterocycles. The molecular formula is C16H27N3O2S. The molecule has 2 rings (SSSR count). The topological polar surface area (TPSA) is 54.3 Å². The minimum atomic E-state index is 0.0154. The summed E-state index contributed by atoms with van der Waals surface area (Å²) in [6, 6.07) is 0. The fourth-order valence-corrected chi connectivity index (χ4v) is 4.07. The fourth-order valence-electron chi connectivity index (χ4n) is 3.30. The summed E-state index contributed by atoms with van der Waals surface area (Å²) in [4.78, 5) is 25.9. The number of carbonyl (C=O) groups excluding carboxylic acids is 1. The van der Waals surface area contributed by atoms with Gasteiger partial charge in [-0.2, -0.15) is 0 Å². The average Bonchev–Trinajstić information content (AvgIpc) is 2.75. The smallest absolute Gasteiger partial charge is 0.307 e. The number of piperidine rings is 1. The highest BCUT2D eigenvalue weighted by atomic mass is 32.1. The average molecular weight is 325 g/mol. The highest BCUT2D eigenvalue weighted by Crippen LogP contribution is 2.20. The van der Waals surface area contributed by atoms with E-state index in [4.69, 9.17) is 0 Å². The van der Waals surface area contributed by atoms with E-state index in [2.05, 4.69) is 24.1 Å². The number of nitrogens with zero attached hydrogens (tertiary/aromatic N) is 2. The van der Waals surface area contributed by atoms with Crippen molar-refractivity contribution < 1.29 is 4.79 Å². The van der Waals surface area contributed by atoms with Crippen molar-refractivity contribution in [3.63, 3.8) is 0 Å². The second kappa shape index (κ2) is 7.92. The molecule has 0 aromatic carbocycles. The van der Waals surface area contributed by atoms with Gasteiger partial charge in [0.05, 0.1) is 0 Å². The Kier molecular flexibility index (Phi) is 6.20. The molecule has 1 fully saturated rings. The van der Waals surface area contributed by atoms with E-state index in [-0.39, 0.29) is 10.8 Å². The van der Waals surface area contributed by atoms with Crippen LogP contribution < -0.4 is 10.2 Å². The highest BCUT2D eigenvalue weighted by molar-refractivity contribution is 7.07. The largest absolute Gasteiger partial charge is 0.355 e. The standard InChI is InChI=1S/C16H27N3O2S/c1-12-8-13(2)10-18(9-12)7-5-17-15(20)4-6-19-14(3)11-22-16(19)21/h11-13H,4-10H2,1-3H3,(H,17,20). The van der Waals surface area contributed by atoms with Gasteiger partial charge in [0.25, 0.3) is 0 Å². The van der Waals surface area contributed by atoms with Crippen molar-refractivity contribution in [3.05, 3.63) is 20.7 Å². The number of hydrogen-bond donors (Lipinski definition) is 1. The van der Waals surface area contributed by atoms with Crippen LogP contribution in [0.5, 0.6) is 0 Å². The van der Waals surface area contributed by atoms with Crippen molar-refractivity contribution in [1.29, 1.82) is 0 Å². The van der Waals surface area contributed by atoms with Crippen LogP contribution in [0.2, 0.25) is 0 Å². The van der Waals surface area contributed by atoms with Crippen LogP contribution in [0, 0.1) is 18.8 Å². The molecule has 0 bridgehead atoms. The number of aryl methyl sites for hydroxylation is 1. The molecule has 6 heteroatoms. The Morgan fingerprint density at radius 1 is 1.32 bits per heavy atom. The van der Waals surface area contributed by atoms with Gasteiger partial charge >= 0.3 is 4.87 Å². The highest BCUT2D eigenvalue weighted by Gasteiger charge is 2.21. The van der Waals surface area contributed by atoms with Gasteiger partial charge in [-0.3, -0.25) is 9.59 Å². The molecule has 22 heavy (non-hydrogen) atoms. The number of amides is 1. The van der Waals surface area contributed by atoms with Crippen LogP contribution in [0.3, 0.4) is 0 Å². The third-order valence-corrected chi connectivity index (χ3v) is 5.11. The van der Waals surface area contributed by atoms with Crippen LogP contribution in [0.1, 0.15) is 32.4 Å². The number of rotatable bonds is 6. The van der Waals surface area contributed by atoms with Gasteiger partial charge < -0.3 is 14.8 Å².